The summed E-state index contributed by atoms with van der Waals surface area (Å²) in [4.78, 5) is 26.3. The minimum Gasteiger partial charge on any atom is -0.479 e. The summed E-state index contributed by atoms with van der Waals surface area (Å²) in [7, 11) is 0. The quantitative estimate of drug-likeness (QED) is 0.666. The summed E-state index contributed by atoms with van der Waals surface area (Å²) in [5, 5.41) is 17.8. The van der Waals surface area contributed by atoms with Crippen LogP contribution < -0.4 is 10.6 Å². The van der Waals surface area contributed by atoms with Crippen LogP contribution in [-0.4, -0.2) is 52.5 Å². The van der Waals surface area contributed by atoms with Gasteiger partial charge in [-0.25, -0.2) is 9.59 Å². The first kappa shape index (κ1) is 15.2. The second kappa shape index (κ2) is 7.02. The van der Waals surface area contributed by atoms with E-state index in [-0.39, 0.29) is 18.7 Å². The maximum absolute atomic E-state index is 11.6. The number of aromatic nitrogens is 2. The molecule has 0 saturated carbocycles. The van der Waals surface area contributed by atoms with Crippen molar-refractivity contribution in [2.24, 2.45) is 0 Å². The number of aliphatic carboxylic acids is 1. The van der Waals surface area contributed by atoms with Gasteiger partial charge in [0.1, 0.15) is 0 Å². The Morgan fingerprint density at radius 1 is 1.38 bits per heavy atom. The molecule has 0 bridgehead atoms. The molecule has 9 heteroatoms. The second-order valence-electron chi connectivity index (χ2n) is 4.78. The molecule has 0 spiro atoms. The Morgan fingerprint density at radius 3 is 2.81 bits per heavy atom. The Morgan fingerprint density at radius 2 is 2.19 bits per heavy atom. The zero-order chi connectivity index (χ0) is 15.2. The largest absolute Gasteiger partial charge is 0.479 e. The number of carbonyl (C=O) groups is 2. The number of hydrogen-bond acceptors (Lipinski definition) is 6. The molecular formula is C12H18N4O5. The van der Waals surface area contributed by atoms with Crippen LogP contribution >= 0.6 is 0 Å². The van der Waals surface area contributed by atoms with E-state index < -0.39 is 12.1 Å². The number of carboxylic acid groups (broad SMARTS) is 1. The first-order valence-electron chi connectivity index (χ1n) is 6.73. The smallest absolute Gasteiger partial charge is 0.332 e. The number of carbonyl (C=O) groups excluding carboxylic acids is 1. The molecule has 3 N–H and O–H groups in total. The normalized spacial score (nSPS) is 21.2. The molecule has 21 heavy (non-hydrogen) atoms. The first-order valence-corrected chi connectivity index (χ1v) is 6.73. The van der Waals surface area contributed by atoms with Crippen molar-refractivity contribution in [1.29, 1.82) is 0 Å². The third-order valence-corrected chi connectivity index (χ3v) is 3.08. The van der Waals surface area contributed by atoms with E-state index in [2.05, 4.69) is 20.8 Å². The zero-order valence-electron chi connectivity index (χ0n) is 11.7. The number of urea groups is 1. The van der Waals surface area contributed by atoms with E-state index in [1.54, 1.807) is 6.92 Å². The molecule has 2 unspecified atom stereocenters. The highest BCUT2D eigenvalue weighted by molar-refractivity contribution is 5.74. The van der Waals surface area contributed by atoms with Gasteiger partial charge in [-0.15, -0.1) is 0 Å². The number of ether oxygens (including phenoxy) is 1. The van der Waals surface area contributed by atoms with Crippen molar-refractivity contribution in [1.82, 2.24) is 20.8 Å². The Bertz CT molecular complexity index is 504. The number of carboxylic acids is 1. The maximum Gasteiger partial charge on any atom is 0.332 e. The highest BCUT2D eigenvalue weighted by atomic mass is 16.5. The predicted octanol–water partition coefficient (Wildman–Crippen LogP) is -0.148. The Labute approximate surface area is 121 Å². The average Bonchev–Trinajstić information content (AvgIpc) is 3.05. The number of nitrogens with zero attached hydrogens (tertiary/aromatic N) is 2. The van der Waals surface area contributed by atoms with Crippen molar-refractivity contribution in [3.05, 3.63) is 11.7 Å². The van der Waals surface area contributed by atoms with E-state index >= 15 is 0 Å². The van der Waals surface area contributed by atoms with E-state index in [1.807, 2.05) is 0 Å². The molecule has 1 aromatic heterocycles. The van der Waals surface area contributed by atoms with Gasteiger partial charge in [-0.1, -0.05) is 5.16 Å². The van der Waals surface area contributed by atoms with Crippen molar-refractivity contribution in [2.75, 3.05) is 13.1 Å². The molecule has 0 radical (unpaired) electrons. The lowest BCUT2D eigenvalue weighted by Crippen LogP contribution is -2.40. The fourth-order valence-corrected chi connectivity index (χ4v) is 2.04. The highest BCUT2D eigenvalue weighted by Gasteiger charge is 2.30. The molecule has 1 fully saturated rings. The summed E-state index contributed by atoms with van der Waals surface area (Å²) in [6.07, 6.45) is 0.559. The van der Waals surface area contributed by atoms with Crippen molar-refractivity contribution in [2.45, 2.75) is 38.4 Å². The summed E-state index contributed by atoms with van der Waals surface area (Å²) >= 11 is 0. The fourth-order valence-electron chi connectivity index (χ4n) is 2.04. The van der Waals surface area contributed by atoms with Crippen molar-refractivity contribution in [3.63, 3.8) is 0 Å². The van der Waals surface area contributed by atoms with Gasteiger partial charge in [0.2, 0.25) is 5.89 Å². The fraction of sp³-hybridized carbons (Fsp3) is 0.667. The molecule has 2 amide bonds. The molecule has 2 rings (SSSR count). The summed E-state index contributed by atoms with van der Waals surface area (Å²) < 4.78 is 10.1. The van der Waals surface area contributed by atoms with Gasteiger partial charge in [0, 0.05) is 26.4 Å². The van der Waals surface area contributed by atoms with Gasteiger partial charge in [-0.2, -0.15) is 4.98 Å². The van der Waals surface area contributed by atoms with Crippen LogP contribution in [0, 0.1) is 6.92 Å². The summed E-state index contributed by atoms with van der Waals surface area (Å²) in [5.41, 5.74) is 0. The molecule has 1 aromatic rings. The number of aryl methyl sites for hydroxylation is 1. The Balaban J connectivity index is 1.59. The third kappa shape index (κ3) is 4.71. The van der Waals surface area contributed by atoms with Gasteiger partial charge in [0.25, 0.3) is 0 Å². The topological polar surface area (TPSA) is 127 Å². The van der Waals surface area contributed by atoms with Crippen molar-refractivity contribution < 1.29 is 24.0 Å². The minimum absolute atomic E-state index is 0.253. The van der Waals surface area contributed by atoms with Crippen molar-refractivity contribution >= 4 is 12.0 Å². The number of nitrogens with one attached hydrogen (secondary N) is 2. The number of amides is 2. The molecule has 9 nitrogen and oxygen atoms in total. The van der Waals surface area contributed by atoms with Crippen LogP contribution in [0.1, 0.15) is 24.6 Å². The lowest BCUT2D eigenvalue weighted by atomic mass is 10.2. The van der Waals surface area contributed by atoms with Crippen LogP contribution in [0.2, 0.25) is 0 Å². The first-order chi connectivity index (χ1) is 10.0. The molecule has 2 atom stereocenters. The molecule has 116 valence electrons. The Hall–Kier alpha value is -2.16. The van der Waals surface area contributed by atoms with E-state index in [0.717, 1.165) is 0 Å². The monoisotopic (exact) mass is 298 g/mol. The molecular weight excluding hydrogens is 280 g/mol. The van der Waals surface area contributed by atoms with Crippen LogP contribution in [0.5, 0.6) is 0 Å². The van der Waals surface area contributed by atoms with E-state index in [1.165, 1.54) is 0 Å². The van der Waals surface area contributed by atoms with Gasteiger partial charge in [0.15, 0.2) is 11.9 Å². The predicted molar refractivity (Wildman–Crippen MR) is 69.7 cm³/mol. The van der Waals surface area contributed by atoms with Gasteiger partial charge in [0.05, 0.1) is 6.10 Å². The van der Waals surface area contributed by atoms with Gasteiger partial charge in [-0.05, 0) is 12.8 Å². The maximum atomic E-state index is 11.6. The second-order valence-corrected chi connectivity index (χ2v) is 4.78. The Kier molecular flexibility index (Phi) is 5.09. The lowest BCUT2D eigenvalue weighted by Gasteiger charge is -2.12. The van der Waals surface area contributed by atoms with E-state index in [4.69, 9.17) is 14.4 Å². The molecule has 1 saturated heterocycles. The van der Waals surface area contributed by atoms with E-state index in [0.29, 0.717) is 37.5 Å². The molecule has 1 aliphatic rings. The van der Waals surface area contributed by atoms with Crippen molar-refractivity contribution in [3.8, 4) is 0 Å². The molecule has 0 aromatic carbocycles. The highest BCUT2D eigenvalue weighted by Crippen LogP contribution is 2.19. The van der Waals surface area contributed by atoms with Gasteiger partial charge < -0.3 is 25.0 Å². The van der Waals surface area contributed by atoms with Crippen LogP contribution in [-0.2, 0) is 16.0 Å². The summed E-state index contributed by atoms with van der Waals surface area (Å²) in [6, 6.07) is -0.336. The summed E-state index contributed by atoms with van der Waals surface area (Å²) in [6.45, 7) is 2.37. The number of hydrogen-bond donors (Lipinski definition) is 3. The lowest BCUT2D eigenvalue weighted by molar-refractivity contribution is -0.149. The van der Waals surface area contributed by atoms with Crippen LogP contribution in [0.4, 0.5) is 4.79 Å². The SMILES string of the molecule is Cc1nc(CCNC(=O)NCC2CCC(C(=O)O)O2)no1. The van der Waals surface area contributed by atoms with Crippen LogP contribution in [0.25, 0.3) is 0 Å². The van der Waals surface area contributed by atoms with E-state index in [9.17, 15) is 9.59 Å². The van der Waals surface area contributed by atoms with Gasteiger partial charge >= 0.3 is 12.0 Å². The van der Waals surface area contributed by atoms with Gasteiger partial charge in [-0.3, -0.25) is 0 Å². The zero-order valence-corrected chi connectivity index (χ0v) is 11.7. The molecule has 0 aliphatic carbocycles. The molecule has 1 aliphatic heterocycles. The van der Waals surface area contributed by atoms with Crippen LogP contribution in [0.15, 0.2) is 4.52 Å². The standard InChI is InChI=1S/C12H18N4O5/c1-7-15-10(16-21-7)4-5-13-12(19)14-6-8-2-3-9(20-8)11(17)18/h8-9H,2-6H2,1H3,(H,17,18)(H2,13,14,19). The molecule has 2 heterocycles. The summed E-state index contributed by atoms with van der Waals surface area (Å²) in [5.74, 6) is 0.0643. The number of rotatable bonds is 6. The minimum atomic E-state index is -0.961. The third-order valence-electron chi connectivity index (χ3n) is 3.08. The van der Waals surface area contributed by atoms with Crippen LogP contribution in [0.3, 0.4) is 0 Å². The average molecular weight is 298 g/mol.